The van der Waals surface area contributed by atoms with Gasteiger partial charge in [-0.15, -0.1) is 0 Å². The molecule has 0 aromatic heterocycles. The van der Waals surface area contributed by atoms with Crippen LogP contribution in [0, 0.1) is 0 Å². The number of hydrogen-bond donors (Lipinski definition) is 1. The quantitative estimate of drug-likeness (QED) is 0.619. The molecule has 0 aliphatic rings. The van der Waals surface area contributed by atoms with E-state index in [-0.39, 0.29) is 11.6 Å². The van der Waals surface area contributed by atoms with Gasteiger partial charge in [-0.3, -0.25) is 4.79 Å². The number of methoxy groups -OCH3 is 1. The molecule has 0 saturated heterocycles. The Morgan fingerprint density at radius 2 is 1.88 bits per heavy atom. The van der Waals surface area contributed by atoms with Gasteiger partial charge in [0.1, 0.15) is 5.70 Å². The molecular weight excluding hydrogens is 206 g/mol. The van der Waals surface area contributed by atoms with Gasteiger partial charge in [-0.2, -0.15) is 0 Å². The maximum Gasteiger partial charge on any atom is 0.354 e. The van der Waals surface area contributed by atoms with Crippen LogP contribution in [0.2, 0.25) is 0 Å². The molecule has 1 aromatic carbocycles. The molecule has 84 valence electrons. The van der Waals surface area contributed by atoms with E-state index in [0.717, 1.165) is 0 Å². The monoisotopic (exact) mass is 219 g/mol. The average Bonchev–Trinajstić information content (AvgIpc) is 2.35. The number of carbonyl (C=O) groups is 2. The Morgan fingerprint density at radius 3 is 2.38 bits per heavy atom. The van der Waals surface area contributed by atoms with Crippen molar-refractivity contribution in [2.24, 2.45) is 0 Å². The van der Waals surface area contributed by atoms with Gasteiger partial charge in [-0.05, 0) is 19.1 Å². The molecule has 1 amide bonds. The molecule has 16 heavy (non-hydrogen) atoms. The predicted molar refractivity (Wildman–Crippen MR) is 59.7 cm³/mol. The fourth-order valence-corrected chi connectivity index (χ4v) is 1.14. The van der Waals surface area contributed by atoms with Gasteiger partial charge in [0.05, 0.1) is 7.11 Å². The van der Waals surface area contributed by atoms with Gasteiger partial charge in [-0.1, -0.05) is 24.3 Å². The van der Waals surface area contributed by atoms with Crippen LogP contribution < -0.4 is 5.32 Å². The predicted octanol–water partition coefficient (Wildman–Crippen LogP) is 1.49. The van der Waals surface area contributed by atoms with E-state index in [4.69, 9.17) is 0 Å². The summed E-state index contributed by atoms with van der Waals surface area (Å²) in [5.74, 6) is -0.897. The maximum atomic E-state index is 11.7. The van der Waals surface area contributed by atoms with E-state index in [0.29, 0.717) is 5.56 Å². The Morgan fingerprint density at radius 1 is 1.25 bits per heavy atom. The van der Waals surface area contributed by atoms with Crippen LogP contribution in [0.5, 0.6) is 0 Å². The Balaban J connectivity index is 2.75. The Hall–Kier alpha value is -2.10. The van der Waals surface area contributed by atoms with Crippen molar-refractivity contribution >= 4 is 11.9 Å². The summed E-state index contributed by atoms with van der Waals surface area (Å²) >= 11 is 0. The fourth-order valence-electron chi connectivity index (χ4n) is 1.14. The molecule has 4 nitrogen and oxygen atoms in total. The van der Waals surface area contributed by atoms with Crippen molar-refractivity contribution < 1.29 is 14.3 Å². The summed E-state index contributed by atoms with van der Waals surface area (Å²) in [6.45, 7) is 1.65. The third-order valence-corrected chi connectivity index (χ3v) is 1.98. The number of hydrogen-bond acceptors (Lipinski definition) is 3. The van der Waals surface area contributed by atoms with Crippen molar-refractivity contribution in [2.45, 2.75) is 6.92 Å². The first-order valence-electron chi connectivity index (χ1n) is 4.80. The highest BCUT2D eigenvalue weighted by Crippen LogP contribution is 2.01. The third-order valence-electron chi connectivity index (χ3n) is 1.98. The average molecular weight is 219 g/mol. The van der Waals surface area contributed by atoms with Crippen LogP contribution in [0.25, 0.3) is 0 Å². The fraction of sp³-hybridized carbons (Fsp3) is 0.167. The summed E-state index contributed by atoms with van der Waals surface area (Å²) in [6.07, 6.45) is 1.49. The first-order chi connectivity index (χ1) is 7.69. The molecule has 0 fully saturated rings. The van der Waals surface area contributed by atoms with Gasteiger partial charge in [-0.25, -0.2) is 4.79 Å². The normalized spacial score (nSPS) is 10.8. The lowest BCUT2D eigenvalue weighted by Crippen LogP contribution is -2.27. The van der Waals surface area contributed by atoms with Gasteiger partial charge < -0.3 is 10.1 Å². The van der Waals surface area contributed by atoms with Crippen LogP contribution in [-0.2, 0) is 9.53 Å². The van der Waals surface area contributed by atoms with E-state index in [1.807, 2.05) is 6.07 Å². The van der Waals surface area contributed by atoms with Crippen molar-refractivity contribution in [3.63, 3.8) is 0 Å². The lowest BCUT2D eigenvalue weighted by Gasteiger charge is -2.06. The van der Waals surface area contributed by atoms with E-state index < -0.39 is 5.97 Å². The number of amides is 1. The number of ether oxygens (including phenoxy) is 1. The second kappa shape index (κ2) is 5.70. The minimum Gasteiger partial charge on any atom is -0.464 e. The van der Waals surface area contributed by atoms with Crippen molar-refractivity contribution in [3.8, 4) is 0 Å². The Kier molecular flexibility index (Phi) is 4.27. The summed E-state index contributed by atoms with van der Waals surface area (Å²) in [5, 5.41) is 2.48. The number of allylic oxidation sites excluding steroid dienone is 1. The van der Waals surface area contributed by atoms with Crippen LogP contribution in [-0.4, -0.2) is 19.0 Å². The molecular formula is C12H13NO3. The van der Waals surface area contributed by atoms with E-state index in [9.17, 15) is 9.59 Å². The molecule has 0 unspecified atom stereocenters. The van der Waals surface area contributed by atoms with Gasteiger partial charge in [0.2, 0.25) is 0 Å². The maximum absolute atomic E-state index is 11.7. The molecule has 0 radical (unpaired) electrons. The van der Waals surface area contributed by atoms with Gasteiger partial charge in [0, 0.05) is 5.56 Å². The molecule has 1 rings (SSSR count). The number of benzene rings is 1. The topological polar surface area (TPSA) is 55.4 Å². The Bertz CT molecular complexity index is 410. The van der Waals surface area contributed by atoms with Gasteiger partial charge in [0.25, 0.3) is 5.91 Å². The zero-order valence-corrected chi connectivity index (χ0v) is 9.19. The minimum absolute atomic E-state index is 0.136. The van der Waals surface area contributed by atoms with E-state index in [1.54, 1.807) is 31.2 Å². The minimum atomic E-state index is -0.563. The smallest absolute Gasteiger partial charge is 0.354 e. The molecule has 0 bridgehead atoms. The summed E-state index contributed by atoms with van der Waals surface area (Å²) in [6, 6.07) is 8.65. The molecule has 0 aliphatic heterocycles. The lowest BCUT2D eigenvalue weighted by molar-refractivity contribution is -0.136. The molecule has 1 N–H and O–H groups in total. The van der Waals surface area contributed by atoms with Gasteiger partial charge >= 0.3 is 5.97 Å². The van der Waals surface area contributed by atoms with Crippen LogP contribution in [0.3, 0.4) is 0 Å². The number of nitrogens with one attached hydrogen (secondary N) is 1. The highest BCUT2D eigenvalue weighted by Gasteiger charge is 2.12. The zero-order valence-electron chi connectivity index (χ0n) is 9.19. The number of carbonyl (C=O) groups excluding carboxylic acids is 2. The van der Waals surface area contributed by atoms with Crippen LogP contribution >= 0.6 is 0 Å². The lowest BCUT2D eigenvalue weighted by atomic mass is 10.2. The molecule has 4 heteroatoms. The SMILES string of the molecule is C/C=C(/NC(=O)c1ccccc1)C(=O)OC. The number of esters is 1. The summed E-state index contributed by atoms with van der Waals surface area (Å²) < 4.78 is 4.52. The second-order valence-electron chi connectivity index (χ2n) is 3.01. The van der Waals surface area contributed by atoms with E-state index in [1.165, 1.54) is 13.2 Å². The van der Waals surface area contributed by atoms with Crippen molar-refractivity contribution in [2.75, 3.05) is 7.11 Å². The largest absolute Gasteiger partial charge is 0.464 e. The molecule has 0 heterocycles. The molecule has 0 saturated carbocycles. The van der Waals surface area contributed by atoms with Crippen molar-refractivity contribution in [1.29, 1.82) is 0 Å². The van der Waals surface area contributed by atoms with Crippen LogP contribution in [0.4, 0.5) is 0 Å². The number of rotatable bonds is 3. The highest BCUT2D eigenvalue weighted by atomic mass is 16.5. The molecule has 0 spiro atoms. The van der Waals surface area contributed by atoms with Crippen LogP contribution in [0.15, 0.2) is 42.1 Å². The molecule has 0 atom stereocenters. The van der Waals surface area contributed by atoms with Crippen molar-refractivity contribution in [3.05, 3.63) is 47.7 Å². The standard InChI is InChI=1S/C12H13NO3/c1-3-10(12(15)16-2)13-11(14)9-7-5-4-6-8-9/h3-8H,1-2H3,(H,13,14)/b10-3+. The first-order valence-corrected chi connectivity index (χ1v) is 4.80. The Labute approximate surface area is 93.9 Å². The zero-order chi connectivity index (χ0) is 12.0. The van der Waals surface area contributed by atoms with Crippen molar-refractivity contribution in [1.82, 2.24) is 5.32 Å². The van der Waals surface area contributed by atoms with E-state index in [2.05, 4.69) is 10.1 Å². The van der Waals surface area contributed by atoms with Crippen LogP contribution in [0.1, 0.15) is 17.3 Å². The third kappa shape index (κ3) is 2.95. The molecule has 1 aromatic rings. The highest BCUT2D eigenvalue weighted by molar-refractivity contribution is 6.00. The summed E-state index contributed by atoms with van der Waals surface area (Å²) in [5.41, 5.74) is 0.627. The second-order valence-corrected chi connectivity index (χ2v) is 3.01. The molecule has 0 aliphatic carbocycles. The van der Waals surface area contributed by atoms with Gasteiger partial charge in [0.15, 0.2) is 0 Å². The first kappa shape index (κ1) is 12.0. The summed E-state index contributed by atoms with van der Waals surface area (Å²) in [4.78, 5) is 22.9. The summed E-state index contributed by atoms with van der Waals surface area (Å²) in [7, 11) is 1.26. The van der Waals surface area contributed by atoms with E-state index >= 15 is 0 Å².